The normalized spacial score (nSPS) is 11.7. The van der Waals surface area contributed by atoms with Crippen molar-refractivity contribution in [3.63, 3.8) is 0 Å². The highest BCUT2D eigenvalue weighted by molar-refractivity contribution is 4.81. The fourth-order valence-corrected chi connectivity index (χ4v) is 1.30. The molecule has 0 radical (unpaired) electrons. The third-order valence-corrected chi connectivity index (χ3v) is 1.98. The predicted molar refractivity (Wildman–Crippen MR) is 61.7 cm³/mol. The summed E-state index contributed by atoms with van der Waals surface area (Å²) >= 11 is 0. The number of aliphatic hydroxyl groups excluding tert-OH is 1. The van der Waals surface area contributed by atoms with Crippen molar-refractivity contribution >= 4 is 0 Å². The Balaban J connectivity index is 3.43. The van der Waals surface area contributed by atoms with E-state index in [4.69, 9.17) is 14.6 Å². The maximum Gasteiger partial charge on any atom is 0.157 e. The monoisotopic (exact) mass is 216 g/mol. The molecule has 0 aromatic heterocycles. The van der Waals surface area contributed by atoms with E-state index in [0.717, 1.165) is 25.7 Å². The highest BCUT2D eigenvalue weighted by Gasteiger charge is 2.05. The molecule has 0 unspecified atom stereocenters. The van der Waals surface area contributed by atoms with Gasteiger partial charge in [0, 0.05) is 19.8 Å². The molecule has 1 N–H and O–H groups in total. The van der Waals surface area contributed by atoms with Crippen molar-refractivity contribution in [2.24, 2.45) is 0 Å². The van der Waals surface area contributed by atoms with Gasteiger partial charge in [-0.3, -0.25) is 0 Å². The van der Waals surface area contributed by atoms with Crippen LogP contribution in [0.5, 0.6) is 0 Å². The number of aliphatic hydroxyl groups is 1. The summed E-state index contributed by atoms with van der Waals surface area (Å²) in [5.74, 6) is 0. The number of hydrogen-bond acceptors (Lipinski definition) is 3. The fraction of sp³-hybridized carbons (Fsp3) is 0.833. The number of ether oxygens (including phenoxy) is 2. The first-order valence-corrected chi connectivity index (χ1v) is 5.84. The van der Waals surface area contributed by atoms with Crippen LogP contribution in [-0.4, -0.2) is 31.2 Å². The number of allylic oxidation sites excluding steroid dienone is 1. The summed E-state index contributed by atoms with van der Waals surface area (Å²) in [5.41, 5.74) is 0. The largest absolute Gasteiger partial charge is 0.396 e. The van der Waals surface area contributed by atoms with Gasteiger partial charge in [-0.05, 0) is 39.5 Å². The lowest BCUT2D eigenvalue weighted by atomic mass is 10.2. The van der Waals surface area contributed by atoms with Crippen molar-refractivity contribution in [3.05, 3.63) is 12.2 Å². The summed E-state index contributed by atoms with van der Waals surface area (Å²) in [6.45, 7) is 5.59. The van der Waals surface area contributed by atoms with Crippen molar-refractivity contribution in [2.45, 2.75) is 45.8 Å². The fourth-order valence-electron chi connectivity index (χ4n) is 1.30. The Bertz CT molecular complexity index is 140. The molecule has 0 aliphatic carbocycles. The van der Waals surface area contributed by atoms with Gasteiger partial charge in [0.05, 0.1) is 0 Å². The molecule has 15 heavy (non-hydrogen) atoms. The van der Waals surface area contributed by atoms with Gasteiger partial charge in [0.15, 0.2) is 6.29 Å². The number of unbranched alkanes of at least 4 members (excludes halogenated alkanes) is 1. The maximum atomic E-state index is 8.56. The second kappa shape index (κ2) is 11.7. The Labute approximate surface area is 93.1 Å². The standard InChI is InChI=1S/C12H24O3/c1-3-14-12(15-4-2)10-8-6-5-7-9-11-13/h5,7,12-13H,3-4,6,8-11H2,1-2H3/b7-5-. The second-order valence-electron chi connectivity index (χ2n) is 3.25. The van der Waals surface area contributed by atoms with Crippen molar-refractivity contribution in [1.29, 1.82) is 0 Å². The van der Waals surface area contributed by atoms with Gasteiger partial charge in [-0.1, -0.05) is 12.2 Å². The zero-order chi connectivity index (χ0) is 11.4. The highest BCUT2D eigenvalue weighted by atomic mass is 16.7. The van der Waals surface area contributed by atoms with E-state index in [0.29, 0.717) is 13.2 Å². The minimum atomic E-state index is -0.0498. The molecule has 0 aromatic carbocycles. The number of rotatable bonds is 10. The molecule has 0 aliphatic heterocycles. The van der Waals surface area contributed by atoms with Gasteiger partial charge in [-0.2, -0.15) is 0 Å². The Morgan fingerprint density at radius 2 is 1.67 bits per heavy atom. The smallest absolute Gasteiger partial charge is 0.157 e. The molecule has 0 atom stereocenters. The molecule has 0 saturated carbocycles. The summed E-state index contributed by atoms with van der Waals surface area (Å²) in [7, 11) is 0. The Morgan fingerprint density at radius 1 is 1.07 bits per heavy atom. The zero-order valence-electron chi connectivity index (χ0n) is 9.95. The molecular weight excluding hydrogens is 192 g/mol. The topological polar surface area (TPSA) is 38.7 Å². The summed E-state index contributed by atoms with van der Waals surface area (Å²) in [6.07, 6.45) is 7.84. The third-order valence-electron chi connectivity index (χ3n) is 1.98. The van der Waals surface area contributed by atoms with Crippen molar-refractivity contribution in [3.8, 4) is 0 Å². The van der Waals surface area contributed by atoms with Crippen LogP contribution in [0.4, 0.5) is 0 Å². The Morgan fingerprint density at radius 3 is 2.20 bits per heavy atom. The van der Waals surface area contributed by atoms with Gasteiger partial charge in [0.1, 0.15) is 0 Å². The second-order valence-corrected chi connectivity index (χ2v) is 3.25. The molecule has 0 saturated heterocycles. The molecular formula is C12H24O3. The molecule has 3 heteroatoms. The summed E-state index contributed by atoms with van der Waals surface area (Å²) < 4.78 is 10.8. The van der Waals surface area contributed by atoms with E-state index >= 15 is 0 Å². The van der Waals surface area contributed by atoms with Gasteiger partial charge in [0.25, 0.3) is 0 Å². The lowest BCUT2D eigenvalue weighted by molar-refractivity contribution is -0.139. The molecule has 0 amide bonds. The molecule has 0 fully saturated rings. The maximum absolute atomic E-state index is 8.56. The minimum absolute atomic E-state index is 0.0498. The first-order valence-electron chi connectivity index (χ1n) is 5.84. The zero-order valence-corrected chi connectivity index (χ0v) is 9.95. The molecule has 0 aliphatic rings. The van der Waals surface area contributed by atoms with Crippen LogP contribution in [0.2, 0.25) is 0 Å². The molecule has 0 bridgehead atoms. The van der Waals surface area contributed by atoms with E-state index in [-0.39, 0.29) is 12.9 Å². The van der Waals surface area contributed by atoms with Crippen LogP contribution in [0.25, 0.3) is 0 Å². The van der Waals surface area contributed by atoms with E-state index in [1.54, 1.807) is 0 Å². The molecule has 0 spiro atoms. The predicted octanol–water partition coefficient (Wildman–Crippen LogP) is 2.49. The average molecular weight is 216 g/mol. The van der Waals surface area contributed by atoms with E-state index < -0.39 is 0 Å². The van der Waals surface area contributed by atoms with Crippen LogP contribution in [0, 0.1) is 0 Å². The lowest BCUT2D eigenvalue weighted by Gasteiger charge is -2.15. The Hall–Kier alpha value is -0.380. The van der Waals surface area contributed by atoms with E-state index in [2.05, 4.69) is 6.08 Å². The first-order chi connectivity index (χ1) is 7.35. The average Bonchev–Trinajstić information content (AvgIpc) is 2.24. The summed E-state index contributed by atoms with van der Waals surface area (Å²) in [6, 6.07) is 0. The lowest BCUT2D eigenvalue weighted by Crippen LogP contribution is -2.16. The molecule has 0 rings (SSSR count). The van der Waals surface area contributed by atoms with Crippen LogP contribution in [0.15, 0.2) is 12.2 Å². The Kier molecular flexibility index (Phi) is 11.4. The van der Waals surface area contributed by atoms with Gasteiger partial charge in [-0.25, -0.2) is 0 Å². The number of hydrogen-bond donors (Lipinski definition) is 1. The van der Waals surface area contributed by atoms with Crippen molar-refractivity contribution in [1.82, 2.24) is 0 Å². The third kappa shape index (κ3) is 9.91. The van der Waals surface area contributed by atoms with Gasteiger partial charge in [0.2, 0.25) is 0 Å². The summed E-state index contributed by atoms with van der Waals surface area (Å²) in [4.78, 5) is 0. The van der Waals surface area contributed by atoms with E-state index in [1.165, 1.54) is 0 Å². The molecule has 3 nitrogen and oxygen atoms in total. The van der Waals surface area contributed by atoms with E-state index in [9.17, 15) is 0 Å². The molecule has 0 aromatic rings. The van der Waals surface area contributed by atoms with Crippen LogP contribution >= 0.6 is 0 Å². The minimum Gasteiger partial charge on any atom is -0.396 e. The highest BCUT2D eigenvalue weighted by Crippen LogP contribution is 2.07. The van der Waals surface area contributed by atoms with Gasteiger partial charge < -0.3 is 14.6 Å². The quantitative estimate of drug-likeness (QED) is 0.346. The van der Waals surface area contributed by atoms with Crippen LogP contribution in [-0.2, 0) is 9.47 Å². The first kappa shape index (κ1) is 14.6. The van der Waals surface area contributed by atoms with Crippen molar-refractivity contribution < 1.29 is 14.6 Å². The summed E-state index contributed by atoms with van der Waals surface area (Å²) in [5, 5.41) is 8.56. The van der Waals surface area contributed by atoms with Gasteiger partial charge in [-0.15, -0.1) is 0 Å². The van der Waals surface area contributed by atoms with Gasteiger partial charge >= 0.3 is 0 Å². The van der Waals surface area contributed by atoms with Crippen LogP contribution < -0.4 is 0 Å². The van der Waals surface area contributed by atoms with Crippen LogP contribution in [0.1, 0.15) is 39.5 Å². The molecule has 90 valence electrons. The van der Waals surface area contributed by atoms with Crippen molar-refractivity contribution in [2.75, 3.05) is 19.8 Å². The van der Waals surface area contributed by atoms with Crippen LogP contribution in [0.3, 0.4) is 0 Å². The SMILES string of the molecule is CCOC(CCC/C=C\CCO)OCC. The van der Waals surface area contributed by atoms with E-state index in [1.807, 2.05) is 19.9 Å². The molecule has 0 heterocycles.